The van der Waals surface area contributed by atoms with Crippen molar-refractivity contribution in [2.45, 2.75) is 37.2 Å². The number of aromatic amines is 1. The number of furan rings is 1. The molecule has 0 saturated carbocycles. The summed E-state index contributed by atoms with van der Waals surface area (Å²) in [5.74, 6) is 0.869. The molecular weight excluding hydrogens is 332 g/mol. The number of hydrogen-bond acceptors (Lipinski definition) is 6. The van der Waals surface area contributed by atoms with E-state index in [1.807, 2.05) is 6.07 Å². The maximum atomic E-state index is 12.2. The molecule has 2 aromatic rings. The number of carbonyl (C=O) groups is 1. The third kappa shape index (κ3) is 4.09. The van der Waals surface area contributed by atoms with E-state index in [0.717, 1.165) is 25.2 Å². The molecule has 8 nitrogen and oxygen atoms in total. The smallest absolute Gasteiger partial charge is 0.344 e. The second-order valence-corrected chi connectivity index (χ2v) is 6.62. The van der Waals surface area contributed by atoms with E-state index in [0.29, 0.717) is 18.2 Å². The van der Waals surface area contributed by atoms with Crippen LogP contribution < -0.4 is 5.69 Å². The van der Waals surface area contributed by atoms with Crippen LogP contribution in [-0.2, 0) is 22.6 Å². The molecule has 1 aliphatic rings. The molecule has 1 atom stereocenters. The third-order valence-electron chi connectivity index (χ3n) is 3.86. The number of nitrogens with zero attached hydrogens (tertiary/aromatic N) is 3. The Kier molecular flexibility index (Phi) is 5.41. The highest BCUT2D eigenvalue weighted by atomic mass is 32.2. The van der Waals surface area contributed by atoms with Crippen molar-refractivity contribution in [3.63, 3.8) is 0 Å². The van der Waals surface area contributed by atoms with Gasteiger partial charge in [-0.05, 0) is 25.0 Å². The number of ether oxygens (including phenoxy) is 1. The molecule has 130 valence electrons. The van der Waals surface area contributed by atoms with Gasteiger partial charge in [0.25, 0.3) is 0 Å². The van der Waals surface area contributed by atoms with Crippen LogP contribution in [0.4, 0.5) is 0 Å². The normalized spacial score (nSPS) is 17.3. The van der Waals surface area contributed by atoms with Crippen molar-refractivity contribution in [3.8, 4) is 0 Å². The Morgan fingerprint density at radius 1 is 1.58 bits per heavy atom. The zero-order chi connectivity index (χ0) is 16.9. The zero-order valence-corrected chi connectivity index (χ0v) is 14.3. The fourth-order valence-electron chi connectivity index (χ4n) is 2.53. The molecule has 1 unspecified atom stereocenters. The molecule has 0 aliphatic carbocycles. The molecule has 0 aromatic carbocycles. The van der Waals surface area contributed by atoms with Gasteiger partial charge in [-0.25, -0.2) is 9.89 Å². The first-order valence-electron chi connectivity index (χ1n) is 7.79. The van der Waals surface area contributed by atoms with E-state index in [4.69, 9.17) is 9.15 Å². The maximum absolute atomic E-state index is 12.2. The molecule has 0 spiro atoms. The molecule has 1 amide bonds. The van der Waals surface area contributed by atoms with E-state index in [-0.39, 0.29) is 23.5 Å². The average molecular weight is 352 g/mol. The Morgan fingerprint density at radius 3 is 3.17 bits per heavy atom. The number of carbonyl (C=O) groups excluding carboxylic acids is 1. The summed E-state index contributed by atoms with van der Waals surface area (Å²) in [5, 5.41) is 6.96. The lowest BCUT2D eigenvalue weighted by Crippen LogP contribution is -2.28. The minimum atomic E-state index is -0.274. The Hall–Kier alpha value is -2.00. The minimum absolute atomic E-state index is 0.0389. The van der Waals surface area contributed by atoms with Crippen LogP contribution in [0.1, 0.15) is 18.6 Å². The zero-order valence-electron chi connectivity index (χ0n) is 13.4. The van der Waals surface area contributed by atoms with Gasteiger partial charge in [-0.1, -0.05) is 11.8 Å². The Labute approximate surface area is 143 Å². The van der Waals surface area contributed by atoms with E-state index in [2.05, 4.69) is 10.2 Å². The van der Waals surface area contributed by atoms with Crippen molar-refractivity contribution in [2.24, 2.45) is 0 Å². The summed E-state index contributed by atoms with van der Waals surface area (Å²) in [4.78, 5) is 25.7. The summed E-state index contributed by atoms with van der Waals surface area (Å²) in [6, 6.07) is 3.61. The van der Waals surface area contributed by atoms with Crippen molar-refractivity contribution in [2.75, 3.05) is 19.4 Å². The van der Waals surface area contributed by atoms with E-state index in [1.54, 1.807) is 28.8 Å². The quantitative estimate of drug-likeness (QED) is 0.750. The summed E-state index contributed by atoms with van der Waals surface area (Å²) < 4.78 is 12.3. The number of rotatable bonds is 7. The lowest BCUT2D eigenvalue weighted by atomic mass is 10.2. The molecule has 0 radical (unpaired) electrons. The van der Waals surface area contributed by atoms with Crippen LogP contribution in [-0.4, -0.2) is 51.1 Å². The number of aromatic nitrogens is 3. The van der Waals surface area contributed by atoms with Gasteiger partial charge in [0.15, 0.2) is 5.16 Å². The lowest BCUT2D eigenvalue weighted by molar-refractivity contribution is -0.127. The molecule has 3 heterocycles. The standard InChI is InChI=1S/C15H20N4O4S/c1-18(8-11-4-2-6-22-11)13(20)10-24-15-17-16-14(21)19(15)9-12-5-3-7-23-12/h2,4,6,12H,3,5,7-10H2,1H3,(H,16,21). The van der Waals surface area contributed by atoms with Crippen molar-refractivity contribution >= 4 is 17.7 Å². The highest BCUT2D eigenvalue weighted by molar-refractivity contribution is 7.99. The summed E-state index contributed by atoms with van der Waals surface area (Å²) in [5.41, 5.74) is -0.274. The summed E-state index contributed by atoms with van der Waals surface area (Å²) >= 11 is 1.24. The van der Waals surface area contributed by atoms with Gasteiger partial charge >= 0.3 is 5.69 Å². The molecule has 9 heteroatoms. The maximum Gasteiger partial charge on any atom is 0.344 e. The number of nitrogens with one attached hydrogen (secondary N) is 1. The van der Waals surface area contributed by atoms with E-state index in [9.17, 15) is 9.59 Å². The van der Waals surface area contributed by atoms with Gasteiger partial charge in [0.2, 0.25) is 5.91 Å². The summed E-state index contributed by atoms with van der Waals surface area (Å²) in [6.45, 7) is 1.61. The van der Waals surface area contributed by atoms with Crippen molar-refractivity contribution in [1.29, 1.82) is 0 Å². The van der Waals surface area contributed by atoms with E-state index >= 15 is 0 Å². The molecule has 24 heavy (non-hydrogen) atoms. The molecule has 2 aromatic heterocycles. The molecule has 3 rings (SSSR count). The van der Waals surface area contributed by atoms with Gasteiger partial charge in [-0.3, -0.25) is 9.36 Å². The summed E-state index contributed by atoms with van der Waals surface area (Å²) in [6.07, 6.45) is 3.56. The monoisotopic (exact) mass is 352 g/mol. The van der Waals surface area contributed by atoms with Gasteiger partial charge < -0.3 is 14.1 Å². The van der Waals surface area contributed by atoms with Crippen LogP contribution in [0.3, 0.4) is 0 Å². The molecule has 1 N–H and O–H groups in total. The molecule has 1 fully saturated rings. The van der Waals surface area contributed by atoms with Crippen molar-refractivity contribution < 1.29 is 13.9 Å². The number of amides is 1. The van der Waals surface area contributed by atoms with Crippen LogP contribution in [0.25, 0.3) is 0 Å². The molecule has 1 aliphatic heterocycles. The first kappa shape index (κ1) is 16.8. The SMILES string of the molecule is CN(Cc1ccco1)C(=O)CSc1n[nH]c(=O)n1CC1CCCO1. The van der Waals surface area contributed by atoms with Gasteiger partial charge in [0, 0.05) is 13.7 Å². The third-order valence-corrected chi connectivity index (χ3v) is 4.82. The predicted molar refractivity (Wildman–Crippen MR) is 87.7 cm³/mol. The van der Waals surface area contributed by atoms with Gasteiger partial charge in [0.1, 0.15) is 5.76 Å². The van der Waals surface area contributed by atoms with Crippen LogP contribution in [0.15, 0.2) is 32.8 Å². The number of H-pyrrole nitrogens is 1. The van der Waals surface area contributed by atoms with Crippen molar-refractivity contribution in [1.82, 2.24) is 19.7 Å². The fourth-order valence-corrected chi connectivity index (χ4v) is 3.42. The Morgan fingerprint density at radius 2 is 2.46 bits per heavy atom. The van der Waals surface area contributed by atoms with E-state index in [1.165, 1.54) is 11.8 Å². The molecule has 1 saturated heterocycles. The van der Waals surface area contributed by atoms with Crippen molar-refractivity contribution in [3.05, 3.63) is 34.6 Å². The average Bonchev–Trinajstić information content (AvgIpc) is 3.30. The summed E-state index contributed by atoms with van der Waals surface area (Å²) in [7, 11) is 1.72. The van der Waals surface area contributed by atoms with Gasteiger partial charge in [0.05, 0.1) is 31.2 Å². The van der Waals surface area contributed by atoms with E-state index < -0.39 is 0 Å². The molecular formula is C15H20N4O4S. The van der Waals surface area contributed by atoms with Crippen LogP contribution in [0.2, 0.25) is 0 Å². The highest BCUT2D eigenvalue weighted by Gasteiger charge is 2.20. The van der Waals surface area contributed by atoms with Crippen LogP contribution in [0, 0.1) is 0 Å². The Balaban J connectivity index is 1.56. The largest absolute Gasteiger partial charge is 0.467 e. The second kappa shape index (κ2) is 7.71. The first-order chi connectivity index (χ1) is 11.6. The second-order valence-electron chi connectivity index (χ2n) is 5.67. The Bertz CT molecular complexity index is 718. The molecule has 0 bridgehead atoms. The first-order valence-corrected chi connectivity index (χ1v) is 8.78. The van der Waals surface area contributed by atoms with Crippen LogP contribution in [0.5, 0.6) is 0 Å². The predicted octanol–water partition coefficient (Wildman–Crippen LogP) is 1.09. The highest BCUT2D eigenvalue weighted by Crippen LogP contribution is 2.18. The van der Waals surface area contributed by atoms with Gasteiger partial charge in [-0.2, -0.15) is 0 Å². The minimum Gasteiger partial charge on any atom is -0.467 e. The van der Waals surface area contributed by atoms with Crippen LogP contribution >= 0.6 is 11.8 Å². The fraction of sp³-hybridized carbons (Fsp3) is 0.533. The lowest BCUT2D eigenvalue weighted by Gasteiger charge is -2.15. The topological polar surface area (TPSA) is 93.4 Å². The van der Waals surface area contributed by atoms with Gasteiger partial charge in [-0.15, -0.1) is 5.10 Å². The number of thioether (sulfide) groups is 1. The number of hydrogen-bond donors (Lipinski definition) is 1.